The number of likely N-dealkylation sites (tertiary alicyclic amines) is 1. The number of benzene rings is 1. The van der Waals surface area contributed by atoms with Gasteiger partial charge in [0.2, 0.25) is 10.0 Å². The van der Waals surface area contributed by atoms with Crippen molar-refractivity contribution in [2.75, 3.05) is 39.5 Å². The molecule has 2 atom stereocenters. The van der Waals surface area contributed by atoms with E-state index in [4.69, 9.17) is 16.3 Å². The van der Waals surface area contributed by atoms with Crippen LogP contribution in [0.3, 0.4) is 0 Å². The first-order chi connectivity index (χ1) is 11.2. The van der Waals surface area contributed by atoms with E-state index in [9.17, 15) is 18.3 Å². The summed E-state index contributed by atoms with van der Waals surface area (Å²) in [6, 6.07) is 6.62. The number of nitrogens with zero attached hydrogens (tertiary/aromatic N) is 2. The van der Waals surface area contributed by atoms with E-state index in [1.165, 1.54) is 19.0 Å². The molecule has 24 heavy (non-hydrogen) atoms. The van der Waals surface area contributed by atoms with Crippen LogP contribution in [0.15, 0.2) is 24.3 Å². The Morgan fingerprint density at radius 2 is 1.96 bits per heavy atom. The van der Waals surface area contributed by atoms with Gasteiger partial charge in [0.15, 0.2) is 6.61 Å². The highest BCUT2D eigenvalue weighted by Gasteiger charge is 2.37. The zero-order valence-corrected chi connectivity index (χ0v) is 15.1. The van der Waals surface area contributed by atoms with E-state index in [0.717, 1.165) is 4.31 Å². The topological polar surface area (TPSA) is 87.2 Å². The summed E-state index contributed by atoms with van der Waals surface area (Å²) in [6.07, 6.45) is -0.862. The van der Waals surface area contributed by atoms with Gasteiger partial charge in [0, 0.05) is 38.1 Å². The van der Waals surface area contributed by atoms with Gasteiger partial charge >= 0.3 is 0 Å². The summed E-state index contributed by atoms with van der Waals surface area (Å²) in [5, 5.41) is 10.6. The number of carbonyl (C=O) groups excluding carboxylic acids is 1. The summed E-state index contributed by atoms with van der Waals surface area (Å²) in [4.78, 5) is 13.6. The molecular weight excluding hydrogens is 356 g/mol. The molecule has 2 rings (SSSR count). The van der Waals surface area contributed by atoms with Crippen LogP contribution in [-0.4, -0.2) is 74.3 Å². The summed E-state index contributed by atoms with van der Waals surface area (Å²) >= 11 is 5.77. The van der Waals surface area contributed by atoms with Crippen LogP contribution in [0, 0.1) is 5.92 Å². The van der Waals surface area contributed by atoms with Gasteiger partial charge in [-0.05, 0) is 24.3 Å². The SMILES string of the molecule is CN(C)S(=O)(=O)C[C@@H]1CN(C(=O)COc2ccc(Cl)cc2)C[C@H]1O. The molecule has 0 aromatic heterocycles. The summed E-state index contributed by atoms with van der Waals surface area (Å²) in [7, 11) is -0.543. The number of halogens is 1. The highest BCUT2D eigenvalue weighted by Crippen LogP contribution is 2.21. The summed E-state index contributed by atoms with van der Waals surface area (Å²) in [5.41, 5.74) is 0. The van der Waals surface area contributed by atoms with E-state index in [-0.39, 0.29) is 31.4 Å². The molecule has 1 aliphatic heterocycles. The Labute approximate surface area is 146 Å². The lowest BCUT2D eigenvalue weighted by Gasteiger charge is -2.18. The van der Waals surface area contributed by atoms with Gasteiger partial charge in [0.05, 0.1) is 11.9 Å². The summed E-state index contributed by atoms with van der Waals surface area (Å²) in [6.45, 7) is 0.120. The molecule has 0 saturated carbocycles. The molecule has 9 heteroatoms. The molecule has 1 amide bonds. The summed E-state index contributed by atoms with van der Waals surface area (Å²) < 4.78 is 30.4. The number of ether oxygens (including phenoxy) is 1. The van der Waals surface area contributed by atoms with Crippen LogP contribution in [0.2, 0.25) is 5.02 Å². The number of β-amino-alcohol motifs (C(OH)–C–C–N with tert-alkyl or cyclic N) is 1. The van der Waals surface area contributed by atoms with E-state index < -0.39 is 22.0 Å². The van der Waals surface area contributed by atoms with Gasteiger partial charge in [-0.1, -0.05) is 11.6 Å². The molecule has 0 bridgehead atoms. The van der Waals surface area contributed by atoms with Crippen molar-refractivity contribution in [3.05, 3.63) is 29.3 Å². The fourth-order valence-corrected chi connectivity index (χ4v) is 3.70. The third kappa shape index (κ3) is 4.83. The number of aliphatic hydroxyl groups excluding tert-OH is 1. The average Bonchev–Trinajstić information content (AvgIpc) is 2.87. The Morgan fingerprint density at radius 1 is 1.33 bits per heavy atom. The molecule has 1 N–H and O–H groups in total. The van der Waals surface area contributed by atoms with Crippen LogP contribution in [0.5, 0.6) is 5.75 Å². The number of aliphatic hydroxyl groups is 1. The van der Waals surface area contributed by atoms with E-state index in [1.807, 2.05) is 0 Å². The molecule has 0 aliphatic carbocycles. The molecule has 1 aromatic carbocycles. The molecule has 1 aromatic rings. The third-order valence-corrected chi connectivity index (χ3v) is 6.13. The van der Waals surface area contributed by atoms with Crippen molar-refractivity contribution in [2.45, 2.75) is 6.10 Å². The average molecular weight is 377 g/mol. The Hall–Kier alpha value is -1.35. The van der Waals surface area contributed by atoms with E-state index in [0.29, 0.717) is 10.8 Å². The minimum Gasteiger partial charge on any atom is -0.484 e. The zero-order chi connectivity index (χ0) is 17.9. The molecule has 0 radical (unpaired) electrons. The van der Waals surface area contributed by atoms with Crippen LogP contribution in [-0.2, 0) is 14.8 Å². The number of rotatable bonds is 6. The molecule has 0 unspecified atom stereocenters. The van der Waals surface area contributed by atoms with E-state index >= 15 is 0 Å². The van der Waals surface area contributed by atoms with E-state index in [1.54, 1.807) is 24.3 Å². The van der Waals surface area contributed by atoms with Crippen molar-refractivity contribution >= 4 is 27.5 Å². The molecule has 1 heterocycles. The molecule has 1 fully saturated rings. The van der Waals surface area contributed by atoms with Gasteiger partial charge < -0.3 is 14.7 Å². The first kappa shape index (κ1) is 19.0. The second-order valence-electron chi connectivity index (χ2n) is 5.93. The van der Waals surface area contributed by atoms with Crippen LogP contribution < -0.4 is 4.74 Å². The van der Waals surface area contributed by atoms with Crippen LogP contribution in [0.25, 0.3) is 0 Å². The molecule has 1 aliphatic rings. The number of sulfonamides is 1. The second-order valence-corrected chi connectivity index (χ2v) is 8.59. The minimum absolute atomic E-state index is 0.108. The maximum Gasteiger partial charge on any atom is 0.260 e. The molecular formula is C15H21ClN2O5S. The van der Waals surface area contributed by atoms with Crippen molar-refractivity contribution in [2.24, 2.45) is 5.92 Å². The van der Waals surface area contributed by atoms with Gasteiger partial charge in [-0.2, -0.15) is 0 Å². The van der Waals surface area contributed by atoms with Crippen molar-refractivity contribution in [1.82, 2.24) is 9.21 Å². The minimum atomic E-state index is -3.43. The normalized spacial score (nSPS) is 21.3. The Bertz CT molecular complexity index is 678. The van der Waals surface area contributed by atoms with Crippen molar-refractivity contribution in [3.8, 4) is 5.75 Å². The monoisotopic (exact) mass is 376 g/mol. The number of amides is 1. The van der Waals surface area contributed by atoms with Crippen molar-refractivity contribution in [1.29, 1.82) is 0 Å². The van der Waals surface area contributed by atoms with Crippen LogP contribution >= 0.6 is 11.6 Å². The zero-order valence-electron chi connectivity index (χ0n) is 13.6. The molecule has 0 spiro atoms. The fraction of sp³-hybridized carbons (Fsp3) is 0.533. The summed E-state index contributed by atoms with van der Waals surface area (Å²) in [5.74, 6) is -0.479. The highest BCUT2D eigenvalue weighted by atomic mass is 35.5. The van der Waals surface area contributed by atoms with Gasteiger partial charge in [-0.25, -0.2) is 12.7 Å². The van der Waals surface area contributed by atoms with Crippen molar-refractivity contribution in [3.63, 3.8) is 0 Å². The Kier molecular flexibility index (Phi) is 6.08. The highest BCUT2D eigenvalue weighted by molar-refractivity contribution is 7.89. The molecule has 134 valence electrons. The van der Waals surface area contributed by atoms with Gasteiger partial charge in [0.25, 0.3) is 5.91 Å². The van der Waals surface area contributed by atoms with Crippen molar-refractivity contribution < 1.29 is 23.1 Å². The maximum atomic E-state index is 12.2. The maximum absolute atomic E-state index is 12.2. The first-order valence-corrected chi connectivity index (χ1v) is 9.42. The lowest BCUT2D eigenvalue weighted by molar-refractivity contribution is -0.132. The third-order valence-electron chi connectivity index (χ3n) is 3.92. The van der Waals surface area contributed by atoms with Crippen LogP contribution in [0.1, 0.15) is 0 Å². The number of hydrogen-bond acceptors (Lipinski definition) is 5. The standard InChI is InChI=1S/C15H21ClN2O5S/c1-17(2)24(21,22)10-11-7-18(8-14(11)19)15(20)9-23-13-5-3-12(16)4-6-13/h3-6,11,14,19H,7-10H2,1-2H3/t11-,14+/m0/s1. The molecule has 7 nitrogen and oxygen atoms in total. The lowest BCUT2D eigenvalue weighted by Crippen LogP contribution is -2.35. The Morgan fingerprint density at radius 3 is 2.54 bits per heavy atom. The first-order valence-electron chi connectivity index (χ1n) is 7.43. The van der Waals surface area contributed by atoms with Gasteiger partial charge in [-0.15, -0.1) is 0 Å². The van der Waals surface area contributed by atoms with Crippen LogP contribution in [0.4, 0.5) is 0 Å². The van der Waals surface area contributed by atoms with E-state index in [2.05, 4.69) is 0 Å². The Balaban J connectivity index is 1.89. The smallest absolute Gasteiger partial charge is 0.260 e. The van der Waals surface area contributed by atoms with Gasteiger partial charge in [0.1, 0.15) is 5.75 Å². The van der Waals surface area contributed by atoms with Gasteiger partial charge in [-0.3, -0.25) is 4.79 Å². The predicted octanol–water partition coefficient (Wildman–Crippen LogP) is 0.430. The number of hydrogen-bond donors (Lipinski definition) is 1. The number of carbonyl (C=O) groups is 1. The molecule has 1 saturated heterocycles. The second kappa shape index (κ2) is 7.69. The lowest BCUT2D eigenvalue weighted by atomic mass is 10.1. The predicted molar refractivity (Wildman–Crippen MR) is 90.5 cm³/mol. The quantitative estimate of drug-likeness (QED) is 0.778. The largest absolute Gasteiger partial charge is 0.484 e. The fourth-order valence-electron chi connectivity index (χ4n) is 2.41.